The van der Waals surface area contributed by atoms with Crippen LogP contribution in [0.25, 0.3) is 0 Å². The number of hydrogen-bond acceptors (Lipinski definition) is 5. The van der Waals surface area contributed by atoms with E-state index in [2.05, 4.69) is 10.6 Å². The highest BCUT2D eigenvalue weighted by atomic mass is 35.5. The molecule has 4 aliphatic rings. The molecule has 3 saturated carbocycles. The van der Waals surface area contributed by atoms with E-state index in [0.29, 0.717) is 29.2 Å². The average molecular weight is 455 g/mol. The van der Waals surface area contributed by atoms with Crippen LogP contribution in [-0.2, 0) is 16.1 Å². The Morgan fingerprint density at radius 2 is 1.78 bits per heavy atom. The van der Waals surface area contributed by atoms with Crippen molar-refractivity contribution in [2.24, 2.45) is 0 Å². The zero-order valence-corrected chi connectivity index (χ0v) is 18.1. The van der Waals surface area contributed by atoms with Crippen LogP contribution >= 0.6 is 11.6 Å². The van der Waals surface area contributed by atoms with Gasteiger partial charge in [0.1, 0.15) is 12.4 Å². The Morgan fingerprint density at radius 3 is 2.53 bits per heavy atom. The molecule has 2 aromatic rings. The molecule has 1 atom stereocenters. The topological polar surface area (TPSA) is 93.7 Å². The summed E-state index contributed by atoms with van der Waals surface area (Å²) in [4.78, 5) is 37.6. The minimum Gasteiger partial charge on any atom is -0.479 e. The molecule has 1 heterocycles. The monoisotopic (exact) mass is 454 g/mol. The number of ether oxygens (including phenoxy) is 2. The highest BCUT2D eigenvalue weighted by molar-refractivity contribution is 6.31. The minimum absolute atomic E-state index is 0.0234. The second-order valence-corrected chi connectivity index (χ2v) is 9.40. The zero-order valence-electron chi connectivity index (χ0n) is 17.4. The predicted molar refractivity (Wildman–Crippen MR) is 117 cm³/mol. The fraction of sp³-hybridized carbons (Fsp3) is 0.375. The maximum atomic E-state index is 12.9. The number of Topliss-reactive ketones (excluding diaryl/α,β-unsaturated/α-hetero) is 1. The number of hydrogen-bond donors (Lipinski definition) is 2. The van der Waals surface area contributed by atoms with E-state index in [1.807, 2.05) is 30.3 Å². The van der Waals surface area contributed by atoms with Gasteiger partial charge in [-0.1, -0.05) is 41.9 Å². The Kier molecular flexibility index (Phi) is 5.08. The molecular formula is C24H23ClN2O5. The van der Waals surface area contributed by atoms with Gasteiger partial charge in [0, 0.05) is 16.1 Å². The summed E-state index contributed by atoms with van der Waals surface area (Å²) in [7, 11) is 0. The van der Waals surface area contributed by atoms with Crippen molar-refractivity contribution in [2.75, 3.05) is 0 Å². The molecule has 2 bridgehead atoms. The number of amides is 2. The number of carbonyl (C=O) groups excluding carboxylic acids is 3. The second-order valence-electron chi connectivity index (χ2n) is 8.96. The molecule has 7 nitrogen and oxygen atoms in total. The van der Waals surface area contributed by atoms with Gasteiger partial charge in [-0.25, -0.2) is 4.79 Å². The van der Waals surface area contributed by atoms with Crippen LogP contribution < -0.4 is 15.4 Å². The van der Waals surface area contributed by atoms with Crippen LogP contribution in [0.4, 0.5) is 4.79 Å². The molecule has 0 saturated heterocycles. The van der Waals surface area contributed by atoms with E-state index in [-0.39, 0.29) is 35.8 Å². The summed E-state index contributed by atoms with van der Waals surface area (Å²) in [5.41, 5.74) is 0.596. The van der Waals surface area contributed by atoms with Gasteiger partial charge in [0.15, 0.2) is 11.9 Å². The number of ketones is 1. The van der Waals surface area contributed by atoms with E-state index in [1.54, 1.807) is 18.2 Å². The average Bonchev–Trinajstić information content (AvgIpc) is 3.28. The van der Waals surface area contributed by atoms with Crippen LogP contribution in [0, 0.1) is 0 Å². The third kappa shape index (κ3) is 3.93. The van der Waals surface area contributed by atoms with Gasteiger partial charge in [0.05, 0.1) is 12.0 Å². The van der Waals surface area contributed by atoms with E-state index >= 15 is 0 Å². The van der Waals surface area contributed by atoms with Gasteiger partial charge < -0.3 is 20.1 Å². The number of fused-ring (bicyclic) bond motifs is 2. The lowest BCUT2D eigenvalue weighted by molar-refractivity contribution is -0.131. The maximum Gasteiger partial charge on any atom is 0.407 e. The van der Waals surface area contributed by atoms with Crippen molar-refractivity contribution >= 4 is 29.4 Å². The highest BCUT2D eigenvalue weighted by Crippen LogP contribution is 2.55. The van der Waals surface area contributed by atoms with Crippen molar-refractivity contribution in [1.82, 2.24) is 10.6 Å². The molecule has 0 spiro atoms. The number of benzene rings is 2. The third-order valence-electron chi connectivity index (χ3n) is 6.58. The van der Waals surface area contributed by atoms with Crippen LogP contribution in [0.3, 0.4) is 0 Å². The summed E-state index contributed by atoms with van der Waals surface area (Å²) in [5, 5.41) is 6.51. The van der Waals surface area contributed by atoms with Crippen molar-refractivity contribution in [3.8, 4) is 5.75 Å². The van der Waals surface area contributed by atoms with Gasteiger partial charge in [0.25, 0.3) is 5.91 Å². The lowest BCUT2D eigenvalue weighted by Crippen LogP contribution is -2.65. The number of alkyl carbamates (subject to hydrolysis) is 1. The molecule has 166 valence electrons. The van der Waals surface area contributed by atoms with Crippen molar-refractivity contribution < 1.29 is 23.9 Å². The fourth-order valence-corrected chi connectivity index (χ4v) is 5.31. The standard InChI is InChI=1S/C24H23ClN2O5/c25-16-6-7-19-17(10-16)18(28)11-20(32-19)21(29)26-23-8-9-24(13-23,14-23)27-22(30)31-12-15-4-2-1-3-5-15/h1-7,10,20H,8-9,11-14H2,(H,26,29)(H,27,30). The van der Waals surface area contributed by atoms with Gasteiger partial charge in [-0.3, -0.25) is 9.59 Å². The minimum atomic E-state index is -0.870. The molecule has 3 aliphatic carbocycles. The Labute approximate surface area is 190 Å². The number of halogens is 1. The first-order chi connectivity index (χ1) is 15.4. The molecule has 32 heavy (non-hydrogen) atoms. The van der Waals surface area contributed by atoms with E-state index in [4.69, 9.17) is 21.1 Å². The van der Waals surface area contributed by atoms with E-state index < -0.39 is 12.2 Å². The quantitative estimate of drug-likeness (QED) is 0.717. The number of rotatable bonds is 5. The SMILES string of the molecule is O=C(NC12CCC(NC(=O)C3CC(=O)c4cc(Cl)ccc4O3)(C1)C2)OCc1ccccc1. The van der Waals surface area contributed by atoms with Crippen molar-refractivity contribution in [3.63, 3.8) is 0 Å². The van der Waals surface area contributed by atoms with Gasteiger partial charge in [-0.05, 0) is 49.4 Å². The van der Waals surface area contributed by atoms with Crippen LogP contribution in [-0.4, -0.2) is 35.0 Å². The molecule has 0 radical (unpaired) electrons. The predicted octanol–water partition coefficient (Wildman–Crippen LogP) is 3.78. The smallest absolute Gasteiger partial charge is 0.407 e. The van der Waals surface area contributed by atoms with Crippen LogP contribution in [0.15, 0.2) is 48.5 Å². The molecule has 2 N–H and O–H groups in total. The Bertz CT molecular complexity index is 1080. The summed E-state index contributed by atoms with van der Waals surface area (Å²) in [6.07, 6.45) is 1.45. The summed E-state index contributed by atoms with van der Waals surface area (Å²) in [5.74, 6) is -0.0924. The molecule has 1 unspecified atom stereocenters. The molecule has 8 heteroatoms. The van der Waals surface area contributed by atoms with Gasteiger partial charge in [-0.15, -0.1) is 0 Å². The normalized spacial score (nSPS) is 27.5. The highest BCUT2D eigenvalue weighted by Gasteiger charge is 2.62. The van der Waals surface area contributed by atoms with Crippen LogP contribution in [0.2, 0.25) is 5.02 Å². The molecule has 6 rings (SSSR count). The van der Waals surface area contributed by atoms with Crippen molar-refractivity contribution in [3.05, 3.63) is 64.7 Å². The van der Waals surface area contributed by atoms with Crippen molar-refractivity contribution in [1.29, 1.82) is 0 Å². The fourth-order valence-electron chi connectivity index (χ4n) is 5.14. The van der Waals surface area contributed by atoms with Gasteiger partial charge in [-0.2, -0.15) is 0 Å². The van der Waals surface area contributed by atoms with Crippen LogP contribution in [0.5, 0.6) is 5.75 Å². The lowest BCUT2D eigenvalue weighted by Gasteiger charge is -2.48. The van der Waals surface area contributed by atoms with E-state index in [9.17, 15) is 14.4 Å². The largest absolute Gasteiger partial charge is 0.479 e. The van der Waals surface area contributed by atoms with E-state index in [0.717, 1.165) is 18.4 Å². The molecule has 0 aromatic heterocycles. The van der Waals surface area contributed by atoms with Crippen LogP contribution in [0.1, 0.15) is 48.0 Å². The first-order valence-electron chi connectivity index (χ1n) is 10.7. The van der Waals surface area contributed by atoms with Gasteiger partial charge >= 0.3 is 6.09 Å². The molecule has 2 aromatic carbocycles. The zero-order chi connectivity index (χ0) is 22.3. The number of nitrogens with one attached hydrogen (secondary N) is 2. The summed E-state index contributed by atoms with van der Waals surface area (Å²) in [6, 6.07) is 14.3. The molecule has 1 aliphatic heterocycles. The third-order valence-corrected chi connectivity index (χ3v) is 6.81. The number of carbonyl (C=O) groups is 3. The summed E-state index contributed by atoms with van der Waals surface area (Å²) < 4.78 is 11.1. The van der Waals surface area contributed by atoms with Crippen molar-refractivity contribution in [2.45, 2.75) is 55.9 Å². The molecule has 2 amide bonds. The first kappa shape index (κ1) is 20.8. The Morgan fingerprint density at radius 1 is 1.06 bits per heavy atom. The second kappa shape index (κ2) is 7.81. The first-order valence-corrected chi connectivity index (χ1v) is 11.0. The Balaban J connectivity index is 1.14. The Hall–Kier alpha value is -3.06. The molecule has 3 fully saturated rings. The molecular weight excluding hydrogens is 432 g/mol. The summed E-state index contributed by atoms with van der Waals surface area (Å²) >= 11 is 5.95. The van der Waals surface area contributed by atoms with Gasteiger partial charge in [0.2, 0.25) is 0 Å². The van der Waals surface area contributed by atoms with E-state index in [1.165, 1.54) is 0 Å². The maximum absolute atomic E-state index is 12.9. The lowest BCUT2D eigenvalue weighted by atomic mass is 9.71. The summed E-state index contributed by atoms with van der Waals surface area (Å²) in [6.45, 7) is 0.213.